The van der Waals surface area contributed by atoms with Crippen molar-refractivity contribution >= 4 is 0 Å². The lowest BCUT2D eigenvalue weighted by atomic mass is 10.8. The second-order valence-corrected chi connectivity index (χ2v) is 0.811. The third-order valence-electron chi connectivity index (χ3n) is 0.333. The van der Waals surface area contributed by atoms with E-state index in [-0.39, 0.29) is 0 Å². The fourth-order valence-corrected chi connectivity index (χ4v) is 0.167. The summed E-state index contributed by atoms with van der Waals surface area (Å²) in [4.78, 5) is 4.57. The standard InChI is InChI=1S/C3H9NO/c1-3-4-5-2/h4H,3H2,1-2H3/p+1. The van der Waals surface area contributed by atoms with Crippen LogP contribution < -0.4 is 5.48 Å². The summed E-state index contributed by atoms with van der Waals surface area (Å²) in [5.74, 6) is 0. The van der Waals surface area contributed by atoms with Crippen molar-refractivity contribution in [1.82, 2.24) is 0 Å². The van der Waals surface area contributed by atoms with Gasteiger partial charge in [-0.3, -0.25) is 0 Å². The minimum Gasteiger partial charge on any atom is -0.210 e. The molecule has 0 aromatic rings. The van der Waals surface area contributed by atoms with Crippen molar-refractivity contribution in [3.05, 3.63) is 0 Å². The maximum atomic E-state index is 4.57. The van der Waals surface area contributed by atoms with Crippen LogP contribution in [-0.4, -0.2) is 13.7 Å². The van der Waals surface area contributed by atoms with E-state index < -0.39 is 0 Å². The Kier molecular flexibility index (Phi) is 3.86. The lowest BCUT2D eigenvalue weighted by molar-refractivity contribution is -0.887. The number of nitrogens with two attached hydrogens (primary N) is 1. The van der Waals surface area contributed by atoms with Gasteiger partial charge < -0.3 is 0 Å². The Morgan fingerprint density at radius 1 is 1.80 bits per heavy atom. The van der Waals surface area contributed by atoms with Gasteiger partial charge in [0.15, 0.2) is 0 Å². The van der Waals surface area contributed by atoms with E-state index in [1.54, 1.807) is 12.6 Å². The number of hydroxylamine groups is 1. The predicted octanol–water partition coefficient (Wildman–Crippen LogP) is -0.869. The van der Waals surface area contributed by atoms with E-state index in [0.29, 0.717) is 0 Å². The van der Waals surface area contributed by atoms with Crippen LogP contribution >= 0.6 is 0 Å². The average molecular weight is 76.1 g/mol. The van der Waals surface area contributed by atoms with Crippen molar-refractivity contribution in [2.75, 3.05) is 13.7 Å². The smallest absolute Gasteiger partial charge is 0.102 e. The summed E-state index contributed by atoms with van der Waals surface area (Å²) < 4.78 is 0. The first-order valence-electron chi connectivity index (χ1n) is 1.76. The van der Waals surface area contributed by atoms with Crippen molar-refractivity contribution in [2.24, 2.45) is 0 Å². The van der Waals surface area contributed by atoms with Gasteiger partial charge in [0.2, 0.25) is 0 Å². The van der Waals surface area contributed by atoms with Crippen LogP contribution in [0, 0.1) is 0 Å². The molecule has 0 aliphatic heterocycles. The van der Waals surface area contributed by atoms with Crippen LogP contribution in [0.5, 0.6) is 0 Å². The third-order valence-corrected chi connectivity index (χ3v) is 0.333. The molecule has 0 aromatic heterocycles. The van der Waals surface area contributed by atoms with Gasteiger partial charge in [-0.1, -0.05) is 0 Å². The molecule has 2 nitrogen and oxygen atoms in total. The van der Waals surface area contributed by atoms with Crippen molar-refractivity contribution in [2.45, 2.75) is 6.92 Å². The van der Waals surface area contributed by atoms with Gasteiger partial charge in [0.25, 0.3) is 0 Å². The third kappa shape index (κ3) is 3.92. The molecule has 5 heavy (non-hydrogen) atoms. The molecule has 0 bridgehead atoms. The molecule has 0 spiro atoms. The Bertz CT molecular complexity index is 14.4. The molecule has 0 atom stereocenters. The van der Waals surface area contributed by atoms with Gasteiger partial charge in [0.1, 0.15) is 6.54 Å². The van der Waals surface area contributed by atoms with E-state index in [2.05, 4.69) is 4.84 Å². The Hall–Kier alpha value is -0.0800. The number of rotatable bonds is 2. The maximum Gasteiger partial charge on any atom is 0.102 e. The lowest BCUT2D eigenvalue weighted by Crippen LogP contribution is -2.81. The van der Waals surface area contributed by atoms with Crippen LogP contribution in [0.25, 0.3) is 0 Å². The predicted molar refractivity (Wildman–Crippen MR) is 19.5 cm³/mol. The van der Waals surface area contributed by atoms with Crippen molar-refractivity contribution < 1.29 is 10.3 Å². The van der Waals surface area contributed by atoms with E-state index in [1.165, 1.54) is 0 Å². The quantitative estimate of drug-likeness (QED) is 0.425. The highest BCUT2D eigenvalue weighted by atomic mass is 16.6. The van der Waals surface area contributed by atoms with Crippen LogP contribution in [0.1, 0.15) is 6.92 Å². The van der Waals surface area contributed by atoms with Crippen LogP contribution in [0.2, 0.25) is 0 Å². The highest BCUT2D eigenvalue weighted by molar-refractivity contribution is 3.82. The summed E-state index contributed by atoms with van der Waals surface area (Å²) in [6, 6.07) is 0. The second kappa shape index (κ2) is 3.92. The van der Waals surface area contributed by atoms with Crippen LogP contribution in [0.15, 0.2) is 0 Å². The average Bonchev–Trinajstić information content (AvgIpc) is 1.41. The SMILES string of the molecule is CC[NH2+]OC. The molecule has 0 aromatic carbocycles. The minimum absolute atomic E-state index is 0.997. The van der Waals surface area contributed by atoms with Crippen molar-refractivity contribution in [1.29, 1.82) is 0 Å². The molecular formula is C3H10NO+. The van der Waals surface area contributed by atoms with Gasteiger partial charge in [0, 0.05) is 0 Å². The second-order valence-electron chi connectivity index (χ2n) is 0.811. The Labute approximate surface area is 32.1 Å². The number of hydrogen-bond acceptors (Lipinski definition) is 1. The molecule has 0 aliphatic carbocycles. The van der Waals surface area contributed by atoms with Crippen molar-refractivity contribution in [3.8, 4) is 0 Å². The molecule has 0 saturated heterocycles. The van der Waals surface area contributed by atoms with Gasteiger partial charge >= 0.3 is 0 Å². The largest absolute Gasteiger partial charge is 0.210 e. The monoisotopic (exact) mass is 76.1 g/mol. The number of quaternary nitrogens is 1. The summed E-state index contributed by atoms with van der Waals surface area (Å²) in [7, 11) is 1.66. The fraction of sp³-hybridized carbons (Fsp3) is 1.00. The lowest BCUT2D eigenvalue weighted by Gasteiger charge is -1.83. The molecule has 0 unspecified atom stereocenters. The molecule has 0 radical (unpaired) electrons. The molecule has 2 heteroatoms. The highest BCUT2D eigenvalue weighted by Crippen LogP contribution is 1.27. The Balaban J connectivity index is 2.19. The topological polar surface area (TPSA) is 25.8 Å². The van der Waals surface area contributed by atoms with E-state index in [1.807, 2.05) is 6.92 Å². The molecule has 2 N–H and O–H groups in total. The Morgan fingerprint density at radius 2 is 2.40 bits per heavy atom. The highest BCUT2D eigenvalue weighted by Gasteiger charge is 1.66. The summed E-state index contributed by atoms with van der Waals surface area (Å²) >= 11 is 0. The molecule has 0 heterocycles. The normalized spacial score (nSPS) is 8.40. The molecule has 0 rings (SSSR count). The van der Waals surface area contributed by atoms with E-state index in [0.717, 1.165) is 6.54 Å². The van der Waals surface area contributed by atoms with Gasteiger partial charge in [-0.05, 0) is 6.92 Å². The number of hydrogen-bond donors (Lipinski definition) is 1. The molecule has 0 fully saturated rings. The summed E-state index contributed by atoms with van der Waals surface area (Å²) in [6.07, 6.45) is 0. The Morgan fingerprint density at radius 3 is 2.40 bits per heavy atom. The van der Waals surface area contributed by atoms with Crippen LogP contribution in [-0.2, 0) is 4.84 Å². The van der Waals surface area contributed by atoms with Crippen molar-refractivity contribution in [3.63, 3.8) is 0 Å². The minimum atomic E-state index is 0.997. The van der Waals surface area contributed by atoms with Gasteiger partial charge in [-0.25, -0.2) is 10.3 Å². The van der Waals surface area contributed by atoms with E-state index in [4.69, 9.17) is 0 Å². The summed E-state index contributed by atoms with van der Waals surface area (Å²) in [5, 5.41) is 0. The molecule has 0 saturated carbocycles. The van der Waals surface area contributed by atoms with E-state index >= 15 is 0 Å². The van der Waals surface area contributed by atoms with Gasteiger partial charge in [-0.15, -0.1) is 0 Å². The first-order chi connectivity index (χ1) is 2.41. The fourth-order valence-electron chi connectivity index (χ4n) is 0.167. The summed E-state index contributed by atoms with van der Waals surface area (Å²) in [6.45, 7) is 3.03. The van der Waals surface area contributed by atoms with Crippen LogP contribution in [0.3, 0.4) is 0 Å². The zero-order valence-electron chi connectivity index (χ0n) is 3.69. The molecule has 32 valence electrons. The zero-order chi connectivity index (χ0) is 4.12. The zero-order valence-corrected chi connectivity index (χ0v) is 3.69. The first-order valence-corrected chi connectivity index (χ1v) is 1.76. The molecular weight excluding hydrogens is 66.0 g/mol. The van der Waals surface area contributed by atoms with Gasteiger partial charge in [0.05, 0.1) is 7.11 Å². The van der Waals surface area contributed by atoms with E-state index in [9.17, 15) is 0 Å². The molecule has 0 aliphatic rings. The van der Waals surface area contributed by atoms with Crippen LogP contribution in [0.4, 0.5) is 0 Å². The van der Waals surface area contributed by atoms with Gasteiger partial charge in [-0.2, -0.15) is 0 Å². The molecule has 0 amide bonds. The maximum absolute atomic E-state index is 4.57. The summed E-state index contributed by atoms with van der Waals surface area (Å²) in [5.41, 5.74) is 1.75. The first kappa shape index (κ1) is 4.92.